The van der Waals surface area contributed by atoms with E-state index in [1.165, 1.54) is 17.2 Å². The molecule has 0 aliphatic rings. The van der Waals surface area contributed by atoms with Crippen LogP contribution >= 0.6 is 0 Å². The molecule has 7 heteroatoms. The maximum atomic E-state index is 12.1. The molecule has 0 saturated heterocycles. The van der Waals surface area contributed by atoms with Crippen molar-refractivity contribution in [3.8, 4) is 6.07 Å². The van der Waals surface area contributed by atoms with E-state index in [0.717, 1.165) is 11.0 Å². The van der Waals surface area contributed by atoms with E-state index in [1.807, 2.05) is 38.4 Å². The van der Waals surface area contributed by atoms with Crippen LogP contribution in [0.25, 0.3) is 0 Å². The number of likely N-dealkylation sites (N-methyl/N-ethyl adjacent to an activating group) is 1. The molecular formula is C18H23N5O2. The lowest BCUT2D eigenvalue weighted by Gasteiger charge is -2.26. The fourth-order valence-electron chi connectivity index (χ4n) is 2.69. The Morgan fingerprint density at radius 2 is 1.80 bits per heavy atom. The quantitative estimate of drug-likeness (QED) is 0.829. The molecule has 0 radical (unpaired) electrons. The minimum absolute atomic E-state index is 0.0539. The average molecular weight is 341 g/mol. The molecule has 2 rings (SSSR count). The van der Waals surface area contributed by atoms with E-state index in [-0.39, 0.29) is 17.4 Å². The van der Waals surface area contributed by atoms with E-state index in [9.17, 15) is 14.9 Å². The second-order valence-electron chi connectivity index (χ2n) is 6.23. The Balaban J connectivity index is 2.28. The molecule has 0 aliphatic carbocycles. The lowest BCUT2D eigenvalue weighted by molar-refractivity contribution is 0.303. The predicted octanol–water partition coefficient (Wildman–Crippen LogP) is 0.540. The number of hydrogen-bond donors (Lipinski definition) is 1. The molecule has 7 nitrogen and oxygen atoms in total. The van der Waals surface area contributed by atoms with Gasteiger partial charge in [-0.05, 0) is 26.1 Å². The first-order chi connectivity index (χ1) is 11.9. The van der Waals surface area contributed by atoms with Crippen molar-refractivity contribution in [2.24, 2.45) is 14.1 Å². The summed E-state index contributed by atoms with van der Waals surface area (Å²) in [6.07, 6.45) is 0.807. The highest BCUT2D eigenvalue weighted by Crippen LogP contribution is 2.11. The third-order valence-electron chi connectivity index (χ3n) is 4.33. The van der Waals surface area contributed by atoms with Crippen molar-refractivity contribution in [1.82, 2.24) is 14.0 Å². The molecule has 1 unspecified atom stereocenters. The van der Waals surface area contributed by atoms with Gasteiger partial charge in [0.1, 0.15) is 11.9 Å². The van der Waals surface area contributed by atoms with Gasteiger partial charge in [-0.25, -0.2) is 4.79 Å². The zero-order valence-electron chi connectivity index (χ0n) is 15.0. The van der Waals surface area contributed by atoms with Gasteiger partial charge in [0, 0.05) is 26.7 Å². The second kappa shape index (κ2) is 7.81. The fraction of sp³-hybridized carbons (Fsp3) is 0.389. The maximum absolute atomic E-state index is 12.1. The van der Waals surface area contributed by atoms with Crippen molar-refractivity contribution >= 4 is 5.82 Å². The third kappa shape index (κ3) is 3.98. The Kier molecular flexibility index (Phi) is 5.78. The van der Waals surface area contributed by atoms with Crippen molar-refractivity contribution in [2.75, 3.05) is 26.0 Å². The molecule has 1 aromatic heterocycles. The third-order valence-corrected chi connectivity index (χ3v) is 4.33. The zero-order valence-corrected chi connectivity index (χ0v) is 15.0. The van der Waals surface area contributed by atoms with Crippen LogP contribution in [0.3, 0.4) is 0 Å². The summed E-state index contributed by atoms with van der Waals surface area (Å²) in [6.45, 7) is 0.497. The summed E-state index contributed by atoms with van der Waals surface area (Å²) in [7, 11) is 6.87. The van der Waals surface area contributed by atoms with Crippen molar-refractivity contribution < 1.29 is 0 Å². The van der Waals surface area contributed by atoms with Gasteiger partial charge in [0.05, 0.1) is 0 Å². The topological polar surface area (TPSA) is 83.1 Å². The molecule has 0 saturated carbocycles. The summed E-state index contributed by atoms with van der Waals surface area (Å²) in [5.41, 5.74) is 0.0942. The summed E-state index contributed by atoms with van der Waals surface area (Å²) in [5, 5.41) is 12.4. The van der Waals surface area contributed by atoms with Crippen LogP contribution < -0.4 is 16.6 Å². The van der Waals surface area contributed by atoms with Gasteiger partial charge in [0.15, 0.2) is 5.56 Å². The summed E-state index contributed by atoms with van der Waals surface area (Å²) in [5.74, 6) is 0.260. The van der Waals surface area contributed by atoms with Gasteiger partial charge >= 0.3 is 5.69 Å². The monoisotopic (exact) mass is 341 g/mol. The SMILES string of the molecule is CN(C)C(CNc1c(C#N)c(=O)n(C)c(=O)n1C)Cc1ccccc1. The predicted molar refractivity (Wildman–Crippen MR) is 97.7 cm³/mol. The summed E-state index contributed by atoms with van der Waals surface area (Å²) in [6, 6.07) is 12.1. The van der Waals surface area contributed by atoms with Gasteiger partial charge in [0.2, 0.25) is 0 Å². The lowest BCUT2D eigenvalue weighted by Crippen LogP contribution is -2.42. The molecule has 1 aromatic carbocycles. The second-order valence-corrected chi connectivity index (χ2v) is 6.23. The van der Waals surface area contributed by atoms with Crippen molar-refractivity contribution in [2.45, 2.75) is 12.5 Å². The van der Waals surface area contributed by atoms with E-state index < -0.39 is 11.2 Å². The van der Waals surface area contributed by atoms with Gasteiger partial charge in [-0.2, -0.15) is 5.26 Å². The molecule has 2 aromatic rings. The number of anilines is 1. The first-order valence-corrected chi connectivity index (χ1v) is 8.01. The Labute approximate surface area is 146 Å². The highest BCUT2D eigenvalue weighted by Gasteiger charge is 2.18. The molecule has 0 aliphatic heterocycles. The molecule has 1 heterocycles. The van der Waals surface area contributed by atoms with Crippen LogP contribution in [0, 0.1) is 11.3 Å². The van der Waals surface area contributed by atoms with Crippen LogP contribution in [-0.4, -0.2) is 40.7 Å². The number of nitrogens with one attached hydrogen (secondary N) is 1. The zero-order chi connectivity index (χ0) is 18.6. The average Bonchev–Trinajstić information content (AvgIpc) is 2.61. The first kappa shape index (κ1) is 18.5. The van der Waals surface area contributed by atoms with E-state index in [4.69, 9.17) is 0 Å². The number of nitrogens with zero attached hydrogens (tertiary/aromatic N) is 4. The van der Waals surface area contributed by atoms with E-state index in [0.29, 0.717) is 6.54 Å². The molecule has 132 valence electrons. The number of nitriles is 1. The van der Waals surface area contributed by atoms with Crippen molar-refractivity contribution in [1.29, 1.82) is 5.26 Å². The van der Waals surface area contributed by atoms with Gasteiger partial charge in [0.25, 0.3) is 5.56 Å². The molecule has 1 atom stereocenters. The number of rotatable bonds is 6. The normalized spacial score (nSPS) is 12.0. The van der Waals surface area contributed by atoms with E-state index in [2.05, 4.69) is 22.3 Å². The minimum atomic E-state index is -0.586. The Morgan fingerprint density at radius 3 is 2.36 bits per heavy atom. The molecule has 25 heavy (non-hydrogen) atoms. The van der Waals surface area contributed by atoms with E-state index >= 15 is 0 Å². The summed E-state index contributed by atoms with van der Waals surface area (Å²) >= 11 is 0. The molecule has 0 amide bonds. The standard InChI is InChI=1S/C18H23N5O2/c1-21(2)14(10-13-8-6-5-7-9-13)12-20-16-15(11-19)17(24)23(4)18(25)22(16)3/h5-9,14,20H,10,12H2,1-4H3. The van der Waals surface area contributed by atoms with Crippen LogP contribution in [0.1, 0.15) is 11.1 Å². The first-order valence-electron chi connectivity index (χ1n) is 8.01. The Bertz CT molecular complexity index is 891. The van der Waals surface area contributed by atoms with Gasteiger partial charge in [-0.15, -0.1) is 0 Å². The van der Waals surface area contributed by atoms with Crippen LogP contribution in [0.4, 0.5) is 5.82 Å². The van der Waals surface area contributed by atoms with Gasteiger partial charge in [-0.3, -0.25) is 13.9 Å². The summed E-state index contributed by atoms with van der Waals surface area (Å²) < 4.78 is 2.24. The highest BCUT2D eigenvalue weighted by atomic mass is 16.2. The number of hydrogen-bond acceptors (Lipinski definition) is 5. The molecule has 0 bridgehead atoms. The molecular weight excluding hydrogens is 318 g/mol. The van der Waals surface area contributed by atoms with Crippen LogP contribution in [-0.2, 0) is 20.5 Å². The van der Waals surface area contributed by atoms with Crippen molar-refractivity contribution in [3.63, 3.8) is 0 Å². The van der Waals surface area contributed by atoms with E-state index in [1.54, 1.807) is 7.05 Å². The van der Waals surface area contributed by atoms with Gasteiger partial charge in [-0.1, -0.05) is 30.3 Å². The van der Waals surface area contributed by atoms with Crippen LogP contribution in [0.2, 0.25) is 0 Å². The fourth-order valence-corrected chi connectivity index (χ4v) is 2.69. The molecule has 0 spiro atoms. The molecule has 1 N–H and O–H groups in total. The van der Waals surface area contributed by atoms with Crippen molar-refractivity contribution in [3.05, 3.63) is 62.3 Å². The lowest BCUT2D eigenvalue weighted by atomic mass is 10.1. The van der Waals surface area contributed by atoms with Gasteiger partial charge < -0.3 is 10.2 Å². The number of benzene rings is 1. The number of aromatic nitrogens is 2. The van der Waals surface area contributed by atoms with Crippen LogP contribution in [0.15, 0.2) is 39.9 Å². The maximum Gasteiger partial charge on any atom is 0.332 e. The minimum Gasteiger partial charge on any atom is -0.369 e. The highest BCUT2D eigenvalue weighted by molar-refractivity contribution is 5.51. The summed E-state index contributed by atoms with van der Waals surface area (Å²) in [4.78, 5) is 26.3. The largest absolute Gasteiger partial charge is 0.369 e. The van der Waals surface area contributed by atoms with Crippen LogP contribution in [0.5, 0.6) is 0 Å². The smallest absolute Gasteiger partial charge is 0.332 e. The Morgan fingerprint density at radius 1 is 1.16 bits per heavy atom. The molecule has 0 fully saturated rings. The Hall–Kier alpha value is -2.85.